The SMILES string of the molecule is CCN(CC)C(=O)C(Cl)C(C)=O. The predicted molar refractivity (Wildman–Crippen MR) is 48.3 cm³/mol. The molecule has 0 aliphatic heterocycles. The fourth-order valence-corrected chi connectivity index (χ4v) is 1.01. The molecule has 1 atom stereocenters. The molecule has 0 radical (unpaired) electrons. The van der Waals surface area contributed by atoms with Gasteiger partial charge in [0.2, 0.25) is 5.91 Å². The highest BCUT2D eigenvalue weighted by atomic mass is 35.5. The zero-order chi connectivity index (χ0) is 9.72. The second kappa shape index (κ2) is 5.14. The molecule has 3 nitrogen and oxygen atoms in total. The zero-order valence-electron chi connectivity index (χ0n) is 7.63. The minimum atomic E-state index is -1.01. The average molecular weight is 192 g/mol. The molecule has 4 heteroatoms. The van der Waals surface area contributed by atoms with Gasteiger partial charge in [-0.05, 0) is 20.8 Å². The second-order valence-electron chi connectivity index (χ2n) is 2.48. The van der Waals surface area contributed by atoms with E-state index in [2.05, 4.69) is 0 Å². The van der Waals surface area contributed by atoms with Crippen molar-refractivity contribution in [3.8, 4) is 0 Å². The Hall–Kier alpha value is -0.570. The van der Waals surface area contributed by atoms with Crippen molar-refractivity contribution in [3.63, 3.8) is 0 Å². The second-order valence-corrected chi connectivity index (χ2v) is 2.92. The van der Waals surface area contributed by atoms with Crippen molar-refractivity contribution in [2.45, 2.75) is 26.1 Å². The molecule has 0 fully saturated rings. The van der Waals surface area contributed by atoms with Crippen LogP contribution < -0.4 is 0 Å². The van der Waals surface area contributed by atoms with Crippen LogP contribution in [-0.4, -0.2) is 35.1 Å². The smallest absolute Gasteiger partial charge is 0.248 e. The van der Waals surface area contributed by atoms with Crippen LogP contribution in [0.2, 0.25) is 0 Å². The molecule has 1 unspecified atom stereocenters. The Morgan fingerprint density at radius 3 is 2.00 bits per heavy atom. The zero-order valence-corrected chi connectivity index (χ0v) is 8.39. The van der Waals surface area contributed by atoms with Gasteiger partial charge in [0.05, 0.1) is 0 Å². The summed E-state index contributed by atoms with van der Waals surface area (Å²) in [6, 6.07) is 0. The van der Waals surface area contributed by atoms with Crippen LogP contribution in [0, 0.1) is 0 Å². The lowest BCUT2D eigenvalue weighted by molar-refractivity contribution is -0.133. The third kappa shape index (κ3) is 2.81. The van der Waals surface area contributed by atoms with Crippen LogP contribution in [0.1, 0.15) is 20.8 Å². The van der Waals surface area contributed by atoms with E-state index in [9.17, 15) is 9.59 Å². The summed E-state index contributed by atoms with van der Waals surface area (Å²) in [7, 11) is 0. The standard InChI is InChI=1S/C8H14ClNO2/c1-4-10(5-2)8(12)7(9)6(3)11/h7H,4-5H2,1-3H3. The molecule has 0 saturated carbocycles. The molecule has 0 spiro atoms. The van der Waals surface area contributed by atoms with E-state index in [0.717, 1.165) is 0 Å². The number of carbonyl (C=O) groups excluding carboxylic acids is 2. The molecule has 0 aliphatic carbocycles. The van der Waals surface area contributed by atoms with Gasteiger partial charge in [-0.1, -0.05) is 0 Å². The van der Waals surface area contributed by atoms with E-state index in [4.69, 9.17) is 11.6 Å². The van der Waals surface area contributed by atoms with Gasteiger partial charge in [-0.2, -0.15) is 0 Å². The highest BCUT2D eigenvalue weighted by molar-refractivity contribution is 6.41. The van der Waals surface area contributed by atoms with E-state index in [0.29, 0.717) is 13.1 Å². The van der Waals surface area contributed by atoms with Crippen LogP contribution in [0.3, 0.4) is 0 Å². The first-order chi connectivity index (χ1) is 5.54. The lowest BCUT2D eigenvalue weighted by atomic mass is 10.2. The Bertz CT molecular complexity index is 178. The first kappa shape index (κ1) is 11.4. The molecule has 70 valence electrons. The first-order valence-corrected chi connectivity index (χ1v) is 4.41. The maximum atomic E-state index is 11.3. The van der Waals surface area contributed by atoms with Crippen molar-refractivity contribution in [1.29, 1.82) is 0 Å². The monoisotopic (exact) mass is 191 g/mol. The molecule has 0 N–H and O–H groups in total. The van der Waals surface area contributed by atoms with Crippen LogP contribution in [-0.2, 0) is 9.59 Å². The highest BCUT2D eigenvalue weighted by Crippen LogP contribution is 2.03. The van der Waals surface area contributed by atoms with E-state index in [1.807, 2.05) is 13.8 Å². The Morgan fingerprint density at radius 2 is 1.75 bits per heavy atom. The quantitative estimate of drug-likeness (QED) is 0.492. The topological polar surface area (TPSA) is 37.4 Å². The van der Waals surface area contributed by atoms with Gasteiger partial charge < -0.3 is 4.90 Å². The summed E-state index contributed by atoms with van der Waals surface area (Å²) < 4.78 is 0. The van der Waals surface area contributed by atoms with Gasteiger partial charge in [-0.3, -0.25) is 9.59 Å². The summed E-state index contributed by atoms with van der Waals surface area (Å²) in [6.07, 6.45) is 0. The number of alkyl halides is 1. The Morgan fingerprint density at radius 1 is 1.33 bits per heavy atom. The molecular weight excluding hydrogens is 178 g/mol. The molecule has 0 heterocycles. The lowest BCUT2D eigenvalue weighted by Crippen LogP contribution is -2.39. The van der Waals surface area contributed by atoms with Crippen molar-refractivity contribution in [2.24, 2.45) is 0 Å². The summed E-state index contributed by atoms with van der Waals surface area (Å²) in [4.78, 5) is 23.6. The fourth-order valence-electron chi connectivity index (χ4n) is 0.869. The van der Waals surface area contributed by atoms with E-state index < -0.39 is 5.38 Å². The number of amides is 1. The number of hydrogen-bond donors (Lipinski definition) is 0. The number of hydrogen-bond acceptors (Lipinski definition) is 2. The van der Waals surface area contributed by atoms with E-state index in [1.54, 1.807) is 4.90 Å². The predicted octanol–water partition coefficient (Wildman–Crippen LogP) is 1.05. The molecule has 0 aliphatic rings. The first-order valence-electron chi connectivity index (χ1n) is 3.97. The average Bonchev–Trinajstić information content (AvgIpc) is 2.05. The Balaban J connectivity index is 4.25. The maximum Gasteiger partial charge on any atom is 0.248 e. The number of carbonyl (C=O) groups is 2. The van der Waals surface area contributed by atoms with Crippen LogP contribution in [0.15, 0.2) is 0 Å². The fraction of sp³-hybridized carbons (Fsp3) is 0.750. The molecule has 0 bridgehead atoms. The summed E-state index contributed by atoms with van der Waals surface area (Å²) in [5.41, 5.74) is 0. The summed E-state index contributed by atoms with van der Waals surface area (Å²) in [5, 5.41) is -1.01. The van der Waals surface area contributed by atoms with Gasteiger partial charge in [0.25, 0.3) is 0 Å². The van der Waals surface area contributed by atoms with Crippen LogP contribution in [0.25, 0.3) is 0 Å². The largest absolute Gasteiger partial charge is 0.342 e. The molecule has 0 rings (SSSR count). The van der Waals surface area contributed by atoms with Crippen molar-refractivity contribution in [3.05, 3.63) is 0 Å². The van der Waals surface area contributed by atoms with Gasteiger partial charge in [-0.15, -0.1) is 11.6 Å². The molecule has 0 aromatic heterocycles. The van der Waals surface area contributed by atoms with E-state index in [-0.39, 0.29) is 11.7 Å². The van der Waals surface area contributed by atoms with Crippen LogP contribution in [0.4, 0.5) is 0 Å². The van der Waals surface area contributed by atoms with Gasteiger partial charge in [0, 0.05) is 13.1 Å². The van der Waals surface area contributed by atoms with Crippen LogP contribution >= 0.6 is 11.6 Å². The number of rotatable bonds is 4. The normalized spacial score (nSPS) is 12.3. The minimum absolute atomic E-state index is 0.297. The number of halogens is 1. The minimum Gasteiger partial charge on any atom is -0.342 e. The van der Waals surface area contributed by atoms with Gasteiger partial charge in [-0.25, -0.2) is 0 Å². The molecular formula is C8H14ClNO2. The molecule has 1 amide bonds. The number of ketones is 1. The van der Waals surface area contributed by atoms with Crippen molar-refractivity contribution < 1.29 is 9.59 Å². The molecule has 12 heavy (non-hydrogen) atoms. The third-order valence-corrected chi connectivity index (χ3v) is 2.14. The van der Waals surface area contributed by atoms with E-state index in [1.165, 1.54) is 6.92 Å². The Kier molecular flexibility index (Phi) is 4.90. The summed E-state index contributed by atoms with van der Waals surface area (Å²) >= 11 is 5.58. The summed E-state index contributed by atoms with van der Waals surface area (Å²) in [6.45, 7) is 6.20. The lowest BCUT2D eigenvalue weighted by Gasteiger charge is -2.20. The van der Waals surface area contributed by atoms with Crippen molar-refractivity contribution in [1.82, 2.24) is 4.90 Å². The number of Topliss-reactive ketones (excluding diaryl/α,β-unsaturated/α-hetero) is 1. The van der Waals surface area contributed by atoms with Crippen molar-refractivity contribution >= 4 is 23.3 Å². The maximum absolute atomic E-state index is 11.3. The molecule has 0 saturated heterocycles. The Labute approximate surface area is 77.7 Å². The van der Waals surface area contributed by atoms with E-state index >= 15 is 0 Å². The number of nitrogens with zero attached hydrogens (tertiary/aromatic N) is 1. The highest BCUT2D eigenvalue weighted by Gasteiger charge is 2.23. The third-order valence-electron chi connectivity index (χ3n) is 1.65. The van der Waals surface area contributed by atoms with Gasteiger partial charge >= 0.3 is 0 Å². The van der Waals surface area contributed by atoms with Gasteiger partial charge in [0.15, 0.2) is 11.2 Å². The van der Waals surface area contributed by atoms with Crippen LogP contribution in [0.5, 0.6) is 0 Å². The van der Waals surface area contributed by atoms with Crippen molar-refractivity contribution in [2.75, 3.05) is 13.1 Å². The summed E-state index contributed by atoms with van der Waals surface area (Å²) in [5.74, 6) is -0.595. The molecule has 0 aromatic rings. The molecule has 0 aromatic carbocycles. The van der Waals surface area contributed by atoms with Gasteiger partial charge in [0.1, 0.15) is 0 Å².